The number of aromatic hydroxyl groups is 1. The van der Waals surface area contributed by atoms with Crippen LogP contribution in [0.5, 0.6) is 5.75 Å². The molecule has 0 bridgehead atoms. The van der Waals surface area contributed by atoms with Crippen molar-refractivity contribution in [2.45, 2.75) is 196 Å². The summed E-state index contributed by atoms with van der Waals surface area (Å²) >= 11 is 1.38. The Hall–Kier alpha value is -11.7. The fraction of sp³-hybridized carbons (Fsp3) is 0.594. The Balaban J connectivity index is 3.87. The number of thioether (sulfide) groups is 1. The van der Waals surface area contributed by atoms with Crippen molar-refractivity contribution in [2.75, 3.05) is 38.2 Å². The maximum atomic E-state index is 14.7. The number of nitrogens with one attached hydrogen (secondary N) is 12. The number of rotatable bonds is 57. The number of phenolic OH excluding ortho intramolecular Hbond substituents is 1. The number of amides is 12. The normalized spacial score (nSPS) is 14.1. The van der Waals surface area contributed by atoms with Crippen molar-refractivity contribution >= 4 is 131 Å². The average molecular weight is 1580 g/mol. The molecule has 0 saturated heterocycles. The first-order chi connectivity index (χ1) is 51.8. The highest BCUT2D eigenvalue weighted by atomic mass is 32.2. The summed E-state index contributed by atoms with van der Waals surface area (Å²) in [5.41, 5.74) is 33.3. The average Bonchev–Trinajstić information content (AvgIpc) is 0.852. The molecule has 0 aliphatic rings. The number of carboxylic acid groups (broad SMARTS) is 6. The molecule has 0 heterocycles. The zero-order valence-corrected chi connectivity index (χ0v) is 61.5. The van der Waals surface area contributed by atoms with E-state index < -0.39 is 224 Å². The minimum atomic E-state index is -2.39. The van der Waals surface area contributed by atoms with E-state index in [1.807, 2.05) is 21.3 Å². The number of hydrogen-bond donors (Lipinski definition) is 25. The fourth-order valence-corrected chi connectivity index (χ4v) is 10.6. The lowest BCUT2D eigenvalue weighted by molar-refractivity contribution is -0.145. The second-order valence-electron chi connectivity index (χ2n) is 25.1. The molecule has 0 aromatic heterocycles. The van der Waals surface area contributed by atoms with Crippen molar-refractivity contribution in [1.82, 2.24) is 63.8 Å². The van der Waals surface area contributed by atoms with Crippen molar-refractivity contribution in [1.29, 1.82) is 0 Å². The van der Waals surface area contributed by atoms with Crippen LogP contribution in [-0.4, -0.2) is 266 Å². The van der Waals surface area contributed by atoms with Crippen LogP contribution >= 0.6 is 11.8 Å². The number of phenols is 1. The second kappa shape index (κ2) is 51.5. The SMILES string of the molecule is CSCC[C@H](NC=O)C(=O)N[C@@H](CCCN=C(N)N)C(=O)N[C@H](C(=O)N[C@@H](CCCN=C(N)N)C(=O)N[C@@H](CC(=O)O)C(=O)N[C@@H](Cc1ccc(O)cc1)C(=O)N[C@@H](CCCCN)C(=O)N[C@@H](CC(=O)O)C(=O)N[C@@H](CC(=O)O)C(=O)N[C@@H](CC(=O)O)C(=O)N[C@@H](CC(=O)O)C(=O)N[C@@H](CCCCN)C(=O)O)C(C)C. The van der Waals surface area contributed by atoms with E-state index in [9.17, 15) is 122 Å². The van der Waals surface area contributed by atoms with Crippen LogP contribution < -0.4 is 98.2 Å². The molecule has 0 fully saturated rings. The first-order valence-corrected chi connectivity index (χ1v) is 35.8. The van der Waals surface area contributed by atoms with E-state index in [1.54, 1.807) is 6.26 Å². The molecule has 0 radical (unpaired) electrons. The molecule has 614 valence electrons. The third-order valence-corrected chi connectivity index (χ3v) is 16.5. The lowest BCUT2D eigenvalue weighted by Gasteiger charge is -2.29. The van der Waals surface area contributed by atoms with Crippen LogP contribution in [-0.2, 0) is 92.7 Å². The Morgan fingerprint density at radius 2 is 0.682 bits per heavy atom. The summed E-state index contributed by atoms with van der Waals surface area (Å²) in [6, 6.07) is -17.4. The number of carbonyl (C=O) groups excluding carboxylic acids is 12. The number of hydrogen-bond acceptors (Lipinski definition) is 24. The highest BCUT2D eigenvalue weighted by Crippen LogP contribution is 2.16. The molecule has 0 spiro atoms. The highest BCUT2D eigenvalue weighted by Gasteiger charge is 2.39. The van der Waals surface area contributed by atoms with Crippen LogP contribution in [0.25, 0.3) is 0 Å². The number of guanidine groups is 2. The Morgan fingerprint density at radius 3 is 1.00 bits per heavy atom. The Labute approximate surface area is 634 Å². The number of nitrogens with two attached hydrogens (primary N) is 6. The van der Waals surface area contributed by atoms with Gasteiger partial charge < -0.3 is 134 Å². The van der Waals surface area contributed by atoms with Crippen molar-refractivity contribution in [3.8, 4) is 5.75 Å². The molecule has 12 amide bonds. The van der Waals surface area contributed by atoms with Gasteiger partial charge in [0.1, 0.15) is 78.3 Å². The van der Waals surface area contributed by atoms with Gasteiger partial charge in [0.25, 0.3) is 0 Å². The van der Waals surface area contributed by atoms with Gasteiger partial charge in [-0.05, 0) is 119 Å². The van der Waals surface area contributed by atoms with E-state index in [0.29, 0.717) is 18.6 Å². The fourth-order valence-electron chi connectivity index (χ4n) is 10.2. The quantitative estimate of drug-likeness (QED) is 0.0125. The van der Waals surface area contributed by atoms with E-state index in [-0.39, 0.29) is 107 Å². The van der Waals surface area contributed by atoms with Gasteiger partial charge in [-0.3, -0.25) is 91.5 Å². The minimum absolute atomic E-state index is 0.00310. The van der Waals surface area contributed by atoms with Crippen molar-refractivity contribution in [2.24, 2.45) is 50.3 Å². The summed E-state index contributed by atoms with van der Waals surface area (Å²) in [4.78, 5) is 247. The predicted octanol–water partition coefficient (Wildman–Crippen LogP) is -8.39. The molecule has 12 atom stereocenters. The van der Waals surface area contributed by atoms with Gasteiger partial charge in [-0.25, -0.2) is 4.79 Å². The summed E-state index contributed by atoms with van der Waals surface area (Å²) in [5, 5.41) is 95.7. The van der Waals surface area contributed by atoms with E-state index in [4.69, 9.17) is 34.4 Å². The van der Waals surface area contributed by atoms with Crippen LogP contribution in [0.3, 0.4) is 0 Å². The number of aliphatic imine (C=N–C) groups is 2. The molecule has 0 aliphatic carbocycles. The Bertz CT molecular complexity index is 3400. The van der Waals surface area contributed by atoms with Gasteiger partial charge in [0.05, 0.1) is 32.1 Å². The van der Waals surface area contributed by atoms with Crippen LogP contribution in [0, 0.1) is 5.92 Å². The van der Waals surface area contributed by atoms with Crippen LogP contribution in [0.1, 0.15) is 122 Å². The maximum Gasteiger partial charge on any atom is 0.326 e. The van der Waals surface area contributed by atoms with Crippen LogP contribution in [0.2, 0.25) is 0 Å². The molecule has 46 heteroatoms. The predicted molar refractivity (Wildman–Crippen MR) is 388 cm³/mol. The summed E-state index contributed by atoms with van der Waals surface area (Å²) in [5.74, 6) is -26.1. The molecular weight excluding hydrogens is 1480 g/mol. The van der Waals surface area contributed by atoms with Gasteiger partial charge in [0.2, 0.25) is 71.4 Å². The lowest BCUT2D eigenvalue weighted by Crippen LogP contribution is -2.61. The second-order valence-corrected chi connectivity index (χ2v) is 26.1. The number of unbranched alkanes of at least 4 members (excludes halogenated alkanes) is 2. The molecule has 0 aliphatic heterocycles. The van der Waals surface area contributed by atoms with Gasteiger partial charge >= 0.3 is 35.8 Å². The number of aliphatic carboxylic acids is 6. The third kappa shape index (κ3) is 39.2. The van der Waals surface area contributed by atoms with Gasteiger partial charge in [-0.15, -0.1) is 0 Å². The number of benzene rings is 1. The minimum Gasteiger partial charge on any atom is -0.508 e. The Morgan fingerprint density at radius 1 is 0.391 bits per heavy atom. The zero-order valence-electron chi connectivity index (χ0n) is 60.7. The zero-order chi connectivity index (χ0) is 83.3. The van der Waals surface area contributed by atoms with Crippen LogP contribution in [0.4, 0.5) is 0 Å². The molecule has 31 N–H and O–H groups in total. The van der Waals surface area contributed by atoms with Crippen molar-refractivity contribution in [3.05, 3.63) is 29.8 Å². The largest absolute Gasteiger partial charge is 0.508 e. The van der Waals surface area contributed by atoms with Crippen molar-refractivity contribution in [3.63, 3.8) is 0 Å². The maximum absolute atomic E-state index is 14.7. The molecule has 110 heavy (non-hydrogen) atoms. The standard InChI is InChI=1S/C64H102N20O25S/c1-31(2)50(84-54(100)37(13-9-22-72-64(69)70)74-51(97)34(73-30-85)18-23-110-3)61(107)76-36(12-8-21-71-63(67)68)53(99)80-41(26-46(89)90)57(103)78-39(24-32-14-16-33(86)17-15-32)55(101)75-35(10-4-6-19-65)52(98)79-42(27-47(91)92)58(104)82-44(29-49(95)96)60(106)83-43(28-48(93)94)59(105)81-40(25-45(87)88)56(102)77-38(62(108)109)11-5-7-20-66/h14-17,30-31,34-44,50,86H,4-13,18-29,65-66H2,1-3H3,(H,73,85)(H,74,97)(H,75,101)(H,76,107)(H,77,102)(H,78,103)(H,79,98)(H,80,99)(H,81,105)(H,82,104)(H,83,106)(H,84,100)(H,87,88)(H,89,90)(H,91,92)(H,93,94)(H,95,96)(H,108,109)(H4,67,68,71)(H4,69,70,72)/t34-,35-,36-,37-,38-,39-,40-,41-,42-,43-,44-,50-/m0/s1. The molecule has 0 unspecified atom stereocenters. The van der Waals surface area contributed by atoms with Gasteiger partial charge in [-0.2, -0.15) is 11.8 Å². The van der Waals surface area contributed by atoms with E-state index in [2.05, 4.69) is 52.5 Å². The molecular formula is C64H102N20O25S. The smallest absolute Gasteiger partial charge is 0.326 e. The number of carbonyl (C=O) groups is 18. The molecule has 1 aromatic carbocycles. The van der Waals surface area contributed by atoms with E-state index in [0.717, 1.165) is 0 Å². The first-order valence-electron chi connectivity index (χ1n) is 34.4. The number of carboxylic acids is 6. The summed E-state index contributed by atoms with van der Waals surface area (Å²) in [6.07, 6.45) is -5.38. The molecule has 1 rings (SSSR count). The topological polar surface area (TPSA) is 774 Å². The van der Waals surface area contributed by atoms with Crippen molar-refractivity contribution < 1.29 is 122 Å². The Kier molecular flexibility index (Phi) is 45.1. The number of nitrogens with zero attached hydrogens (tertiary/aromatic N) is 2. The van der Waals surface area contributed by atoms with Gasteiger partial charge in [0.15, 0.2) is 11.9 Å². The highest BCUT2D eigenvalue weighted by molar-refractivity contribution is 7.98. The molecule has 45 nitrogen and oxygen atoms in total. The van der Waals surface area contributed by atoms with Gasteiger partial charge in [-0.1, -0.05) is 26.0 Å². The molecule has 0 saturated carbocycles. The first kappa shape index (κ1) is 96.3. The summed E-state index contributed by atoms with van der Waals surface area (Å²) < 4.78 is 0. The lowest BCUT2D eigenvalue weighted by atomic mass is 10.0. The van der Waals surface area contributed by atoms with Crippen LogP contribution in [0.15, 0.2) is 34.3 Å². The van der Waals surface area contributed by atoms with E-state index >= 15 is 0 Å². The van der Waals surface area contributed by atoms with Gasteiger partial charge in [0, 0.05) is 19.5 Å². The summed E-state index contributed by atoms with van der Waals surface area (Å²) in [6.45, 7) is 2.99. The monoisotopic (exact) mass is 1580 g/mol. The molecule has 1 aromatic rings. The van der Waals surface area contributed by atoms with E-state index in [1.165, 1.54) is 49.9 Å². The third-order valence-electron chi connectivity index (χ3n) is 15.8. The summed E-state index contributed by atoms with van der Waals surface area (Å²) in [7, 11) is 0.